The van der Waals surface area contributed by atoms with Crippen LogP contribution >= 0.6 is 27.5 Å². The fourth-order valence-corrected chi connectivity index (χ4v) is 2.55. The summed E-state index contributed by atoms with van der Waals surface area (Å²) in [5.41, 5.74) is 3.60. The van der Waals surface area contributed by atoms with Crippen LogP contribution in [0.4, 0.5) is 5.69 Å². The zero-order valence-electron chi connectivity index (χ0n) is 13.6. The molecule has 1 amide bonds. The highest BCUT2D eigenvalue weighted by Crippen LogP contribution is 2.32. The van der Waals surface area contributed by atoms with E-state index in [1.165, 1.54) is 13.3 Å². The predicted molar refractivity (Wildman–Crippen MR) is 103 cm³/mol. The Balaban J connectivity index is 1.98. The average Bonchev–Trinajstić information content (AvgIpc) is 2.59. The van der Waals surface area contributed by atoms with E-state index in [2.05, 4.69) is 31.8 Å². The lowest BCUT2D eigenvalue weighted by molar-refractivity contribution is -0.121. The maximum atomic E-state index is 12.1. The van der Waals surface area contributed by atoms with E-state index < -0.39 is 6.04 Å². The van der Waals surface area contributed by atoms with Gasteiger partial charge in [0.05, 0.1) is 13.3 Å². The average molecular weight is 427 g/mol. The first-order valence-corrected chi connectivity index (χ1v) is 8.49. The van der Waals surface area contributed by atoms with Gasteiger partial charge in [0.25, 0.3) is 5.91 Å². The molecule has 0 aromatic heterocycles. The van der Waals surface area contributed by atoms with Crippen molar-refractivity contribution in [2.45, 2.75) is 13.0 Å². The van der Waals surface area contributed by atoms with E-state index in [0.717, 1.165) is 5.69 Å². The molecule has 0 bridgehead atoms. The first kappa shape index (κ1) is 19.1. The van der Waals surface area contributed by atoms with E-state index in [-0.39, 0.29) is 11.7 Å². The van der Waals surface area contributed by atoms with Gasteiger partial charge < -0.3 is 15.2 Å². The Morgan fingerprint density at radius 1 is 1.36 bits per heavy atom. The molecule has 1 atom stereocenters. The van der Waals surface area contributed by atoms with Crippen LogP contribution in [0.3, 0.4) is 0 Å². The minimum absolute atomic E-state index is 0.0592. The molecular formula is C17H17BrClN3O3. The molecule has 0 aliphatic heterocycles. The Morgan fingerprint density at radius 2 is 2.04 bits per heavy atom. The predicted octanol–water partition coefficient (Wildman–Crippen LogP) is 3.77. The number of phenolic OH excluding ortho intramolecular Hbond substituents is 1. The molecule has 0 aliphatic carbocycles. The fourth-order valence-electron chi connectivity index (χ4n) is 1.97. The van der Waals surface area contributed by atoms with Crippen molar-refractivity contribution >= 4 is 45.3 Å². The van der Waals surface area contributed by atoms with Crippen LogP contribution in [0.5, 0.6) is 11.5 Å². The number of rotatable bonds is 6. The highest BCUT2D eigenvalue weighted by atomic mass is 79.9. The number of phenols is 1. The van der Waals surface area contributed by atoms with E-state index >= 15 is 0 Å². The van der Waals surface area contributed by atoms with Gasteiger partial charge in [-0.2, -0.15) is 5.10 Å². The van der Waals surface area contributed by atoms with Crippen LogP contribution in [0, 0.1) is 0 Å². The lowest BCUT2D eigenvalue weighted by Crippen LogP contribution is -2.34. The largest absolute Gasteiger partial charge is 0.504 e. The Bertz CT molecular complexity index is 781. The van der Waals surface area contributed by atoms with Crippen molar-refractivity contribution in [3.8, 4) is 11.5 Å². The number of ether oxygens (including phenoxy) is 1. The molecule has 0 heterocycles. The van der Waals surface area contributed by atoms with Gasteiger partial charge in [0, 0.05) is 20.7 Å². The summed E-state index contributed by atoms with van der Waals surface area (Å²) in [7, 11) is 1.45. The molecule has 8 heteroatoms. The Kier molecular flexibility index (Phi) is 6.66. The number of carbonyl (C=O) groups is 1. The second-order valence-corrected chi connectivity index (χ2v) is 6.51. The van der Waals surface area contributed by atoms with E-state index in [9.17, 15) is 9.90 Å². The Labute approximate surface area is 159 Å². The van der Waals surface area contributed by atoms with Crippen molar-refractivity contribution in [1.29, 1.82) is 0 Å². The van der Waals surface area contributed by atoms with Crippen molar-refractivity contribution < 1.29 is 14.6 Å². The number of nitrogens with one attached hydrogen (secondary N) is 2. The molecule has 0 aliphatic rings. The van der Waals surface area contributed by atoms with Crippen LogP contribution in [0.2, 0.25) is 5.02 Å². The molecule has 0 radical (unpaired) electrons. The molecule has 0 fully saturated rings. The number of hydrogen-bond donors (Lipinski definition) is 3. The lowest BCUT2D eigenvalue weighted by Gasteiger charge is -2.13. The zero-order valence-corrected chi connectivity index (χ0v) is 15.9. The summed E-state index contributed by atoms with van der Waals surface area (Å²) in [6.45, 7) is 1.71. The number of carbonyl (C=O) groups excluding carboxylic acids is 1. The third-order valence-electron chi connectivity index (χ3n) is 3.29. The minimum Gasteiger partial charge on any atom is -0.504 e. The molecule has 0 unspecified atom stereocenters. The minimum atomic E-state index is -0.510. The number of methoxy groups -OCH3 is 1. The molecule has 6 nitrogen and oxygen atoms in total. The molecule has 0 saturated heterocycles. The van der Waals surface area contributed by atoms with Crippen molar-refractivity contribution in [2.24, 2.45) is 5.10 Å². The summed E-state index contributed by atoms with van der Waals surface area (Å²) in [4.78, 5) is 12.1. The molecule has 132 valence electrons. The van der Waals surface area contributed by atoms with Gasteiger partial charge in [-0.05, 0) is 43.3 Å². The zero-order chi connectivity index (χ0) is 18.4. The molecule has 2 aromatic rings. The van der Waals surface area contributed by atoms with Crippen LogP contribution < -0.4 is 15.5 Å². The first-order chi connectivity index (χ1) is 11.9. The quantitative estimate of drug-likeness (QED) is 0.485. The van der Waals surface area contributed by atoms with Gasteiger partial charge in [-0.1, -0.05) is 27.5 Å². The van der Waals surface area contributed by atoms with E-state index in [0.29, 0.717) is 20.8 Å². The van der Waals surface area contributed by atoms with Gasteiger partial charge in [-0.15, -0.1) is 0 Å². The van der Waals surface area contributed by atoms with Crippen LogP contribution in [-0.4, -0.2) is 30.4 Å². The Morgan fingerprint density at radius 3 is 2.68 bits per heavy atom. The molecule has 3 N–H and O–H groups in total. The number of anilines is 1. The Hall–Kier alpha value is -2.25. The highest BCUT2D eigenvalue weighted by molar-refractivity contribution is 9.10. The summed E-state index contributed by atoms with van der Waals surface area (Å²) < 4.78 is 5.77. The molecule has 2 rings (SSSR count). The maximum Gasteiger partial charge on any atom is 0.262 e. The third-order valence-corrected chi connectivity index (χ3v) is 4.00. The molecule has 25 heavy (non-hydrogen) atoms. The van der Waals surface area contributed by atoms with Crippen LogP contribution in [-0.2, 0) is 4.79 Å². The monoisotopic (exact) mass is 425 g/mol. The smallest absolute Gasteiger partial charge is 0.262 e. The van der Waals surface area contributed by atoms with Crippen molar-refractivity contribution in [1.82, 2.24) is 5.43 Å². The number of hydrogen-bond acceptors (Lipinski definition) is 5. The number of benzene rings is 2. The lowest BCUT2D eigenvalue weighted by atomic mass is 10.2. The summed E-state index contributed by atoms with van der Waals surface area (Å²) in [5, 5.41) is 17.6. The number of halogens is 2. The van der Waals surface area contributed by atoms with E-state index in [1.807, 2.05) is 0 Å². The van der Waals surface area contributed by atoms with Crippen molar-refractivity contribution in [2.75, 3.05) is 12.4 Å². The van der Waals surface area contributed by atoms with E-state index in [1.54, 1.807) is 43.3 Å². The summed E-state index contributed by atoms with van der Waals surface area (Å²) in [6, 6.07) is 9.80. The van der Waals surface area contributed by atoms with Crippen LogP contribution in [0.15, 0.2) is 46.0 Å². The van der Waals surface area contributed by atoms with Crippen LogP contribution in [0.25, 0.3) is 0 Å². The second kappa shape index (κ2) is 8.73. The SMILES string of the molecule is COc1cc(Br)cc(/C=N\NC(=O)[C@H](C)Nc2ccc(Cl)cc2)c1O. The number of nitrogens with zero attached hydrogens (tertiary/aromatic N) is 1. The van der Waals surface area contributed by atoms with Crippen molar-refractivity contribution in [3.05, 3.63) is 51.5 Å². The van der Waals surface area contributed by atoms with Gasteiger partial charge >= 0.3 is 0 Å². The molecule has 0 saturated carbocycles. The van der Waals surface area contributed by atoms with Crippen molar-refractivity contribution in [3.63, 3.8) is 0 Å². The van der Waals surface area contributed by atoms with Crippen LogP contribution in [0.1, 0.15) is 12.5 Å². The maximum absolute atomic E-state index is 12.1. The van der Waals surface area contributed by atoms with Gasteiger partial charge in [-0.25, -0.2) is 5.43 Å². The summed E-state index contributed by atoms with van der Waals surface area (Å²) >= 11 is 9.14. The van der Waals surface area contributed by atoms with Gasteiger partial charge in [0.2, 0.25) is 0 Å². The topological polar surface area (TPSA) is 83.0 Å². The number of aromatic hydroxyl groups is 1. The fraction of sp³-hybridized carbons (Fsp3) is 0.176. The van der Waals surface area contributed by atoms with E-state index in [4.69, 9.17) is 16.3 Å². The standard InChI is InChI=1S/C17H17BrClN3O3/c1-10(21-14-5-3-13(19)4-6-14)17(24)22-20-9-11-7-12(18)8-15(25-2)16(11)23/h3-10,21,23H,1-2H3,(H,22,24)/b20-9-/t10-/m0/s1. The molecular weight excluding hydrogens is 410 g/mol. The first-order valence-electron chi connectivity index (χ1n) is 7.32. The highest BCUT2D eigenvalue weighted by Gasteiger charge is 2.12. The summed E-state index contributed by atoms with van der Waals surface area (Å²) in [5.74, 6) is -0.0800. The van der Waals surface area contributed by atoms with Gasteiger partial charge in [0.15, 0.2) is 11.5 Å². The third kappa shape index (κ3) is 5.37. The van der Waals surface area contributed by atoms with Gasteiger partial charge in [-0.3, -0.25) is 4.79 Å². The normalized spacial score (nSPS) is 12.0. The summed E-state index contributed by atoms with van der Waals surface area (Å²) in [6.07, 6.45) is 1.34. The number of hydrazone groups is 1. The molecule has 0 spiro atoms. The number of amides is 1. The molecule has 2 aromatic carbocycles. The second-order valence-electron chi connectivity index (χ2n) is 5.15. The van der Waals surface area contributed by atoms with Gasteiger partial charge in [0.1, 0.15) is 6.04 Å².